The van der Waals surface area contributed by atoms with Crippen LogP contribution < -0.4 is 0 Å². The summed E-state index contributed by atoms with van der Waals surface area (Å²) in [5.74, 6) is 0.841. The van der Waals surface area contributed by atoms with Gasteiger partial charge in [-0.05, 0) is 30.2 Å². The van der Waals surface area contributed by atoms with E-state index in [1.54, 1.807) is 0 Å². The Kier molecular flexibility index (Phi) is 5.61. The fourth-order valence-electron chi connectivity index (χ4n) is 2.65. The fraction of sp³-hybridized carbons (Fsp3) is 0.529. The number of hydrogen-bond acceptors (Lipinski definition) is 1. The minimum Gasteiger partial charge on any atom is -0.390 e. The first kappa shape index (κ1) is 15.0. The molecule has 2 atom stereocenters. The topological polar surface area (TPSA) is 20.2 Å². The second-order valence-corrected chi connectivity index (χ2v) is 5.90. The third kappa shape index (κ3) is 5.05. The Morgan fingerprint density at radius 2 is 1.78 bits per heavy atom. The molecule has 0 bridgehead atoms. The highest BCUT2D eigenvalue weighted by molar-refractivity contribution is 5.17. The lowest BCUT2D eigenvalue weighted by molar-refractivity contribution is 0.00352. The average molecular weight is 246 g/mol. The van der Waals surface area contributed by atoms with Gasteiger partial charge in [-0.3, -0.25) is 0 Å². The van der Waals surface area contributed by atoms with Crippen molar-refractivity contribution >= 4 is 0 Å². The molecule has 1 rings (SSSR count). The largest absolute Gasteiger partial charge is 0.390 e. The van der Waals surface area contributed by atoms with Crippen molar-refractivity contribution in [1.29, 1.82) is 0 Å². The summed E-state index contributed by atoms with van der Waals surface area (Å²) in [6, 6.07) is 10.2. The third-order valence-electron chi connectivity index (χ3n) is 3.27. The van der Waals surface area contributed by atoms with Crippen molar-refractivity contribution < 1.29 is 5.11 Å². The number of hydrogen-bond donors (Lipinski definition) is 1. The molecule has 0 heterocycles. The Bertz CT molecular complexity index is 355. The maximum Gasteiger partial charge on any atom is 0.0695 e. The van der Waals surface area contributed by atoms with Crippen LogP contribution >= 0.6 is 0 Å². The fourth-order valence-corrected chi connectivity index (χ4v) is 2.65. The van der Waals surface area contributed by atoms with E-state index in [0.29, 0.717) is 11.8 Å². The van der Waals surface area contributed by atoms with E-state index in [9.17, 15) is 5.11 Å². The molecule has 0 saturated heterocycles. The van der Waals surface area contributed by atoms with Gasteiger partial charge in [0.1, 0.15) is 0 Å². The normalized spacial score (nSPS) is 16.3. The maximum atomic E-state index is 10.9. The van der Waals surface area contributed by atoms with Crippen molar-refractivity contribution in [2.24, 2.45) is 11.8 Å². The van der Waals surface area contributed by atoms with Crippen LogP contribution in [-0.2, 0) is 6.42 Å². The van der Waals surface area contributed by atoms with E-state index >= 15 is 0 Å². The van der Waals surface area contributed by atoms with Crippen LogP contribution in [0.15, 0.2) is 43.0 Å². The van der Waals surface area contributed by atoms with Crippen molar-refractivity contribution in [3.05, 3.63) is 48.6 Å². The molecular weight excluding hydrogens is 220 g/mol. The zero-order valence-corrected chi connectivity index (χ0v) is 11.9. The highest BCUT2D eigenvalue weighted by Crippen LogP contribution is 2.29. The Morgan fingerprint density at radius 3 is 2.28 bits per heavy atom. The van der Waals surface area contributed by atoms with Crippen LogP contribution in [0.3, 0.4) is 0 Å². The molecule has 18 heavy (non-hydrogen) atoms. The predicted octanol–water partition coefficient (Wildman–Crippen LogP) is 4.22. The van der Waals surface area contributed by atoms with Crippen LogP contribution in [0.25, 0.3) is 0 Å². The SMILES string of the molecule is C=CC(C)CC(O)(Cc1ccccc1)CC(C)C. The predicted molar refractivity (Wildman–Crippen MR) is 78.5 cm³/mol. The van der Waals surface area contributed by atoms with E-state index < -0.39 is 5.60 Å². The standard InChI is InChI=1S/C17H26O/c1-5-15(4)12-17(18,11-14(2)3)13-16-9-7-6-8-10-16/h5-10,14-15,18H,1,11-13H2,2-4H3. The van der Waals surface area contributed by atoms with Gasteiger partial charge in [0, 0.05) is 6.42 Å². The van der Waals surface area contributed by atoms with Gasteiger partial charge < -0.3 is 5.11 Å². The van der Waals surface area contributed by atoms with Gasteiger partial charge in [0.05, 0.1) is 5.60 Å². The summed E-state index contributed by atoms with van der Waals surface area (Å²) in [6.45, 7) is 10.3. The highest BCUT2D eigenvalue weighted by Gasteiger charge is 2.29. The monoisotopic (exact) mass is 246 g/mol. The lowest BCUT2D eigenvalue weighted by Gasteiger charge is -2.32. The van der Waals surface area contributed by atoms with Crippen molar-refractivity contribution in [1.82, 2.24) is 0 Å². The van der Waals surface area contributed by atoms with Crippen molar-refractivity contribution in [3.63, 3.8) is 0 Å². The second-order valence-electron chi connectivity index (χ2n) is 5.90. The summed E-state index contributed by atoms with van der Waals surface area (Å²) in [5, 5.41) is 10.9. The Morgan fingerprint density at radius 1 is 1.17 bits per heavy atom. The molecule has 0 amide bonds. The smallest absolute Gasteiger partial charge is 0.0695 e. The van der Waals surface area contributed by atoms with Gasteiger partial charge in [-0.2, -0.15) is 0 Å². The summed E-state index contributed by atoms with van der Waals surface area (Å²) in [7, 11) is 0. The van der Waals surface area contributed by atoms with Gasteiger partial charge in [-0.1, -0.05) is 57.2 Å². The van der Waals surface area contributed by atoms with Crippen molar-refractivity contribution in [3.8, 4) is 0 Å². The van der Waals surface area contributed by atoms with Crippen molar-refractivity contribution in [2.75, 3.05) is 0 Å². The average Bonchev–Trinajstić information content (AvgIpc) is 2.28. The Hall–Kier alpha value is -1.08. The van der Waals surface area contributed by atoms with Crippen LogP contribution in [0.1, 0.15) is 39.2 Å². The van der Waals surface area contributed by atoms with E-state index in [4.69, 9.17) is 0 Å². The molecule has 1 aromatic carbocycles. The highest BCUT2D eigenvalue weighted by atomic mass is 16.3. The lowest BCUT2D eigenvalue weighted by atomic mass is 9.80. The molecule has 0 saturated carbocycles. The van der Waals surface area contributed by atoms with E-state index in [0.717, 1.165) is 19.3 Å². The Balaban J connectivity index is 2.80. The molecule has 2 unspecified atom stereocenters. The summed E-state index contributed by atoms with van der Waals surface area (Å²) < 4.78 is 0. The molecule has 100 valence electrons. The summed E-state index contributed by atoms with van der Waals surface area (Å²) >= 11 is 0. The summed E-state index contributed by atoms with van der Waals surface area (Å²) in [6.07, 6.45) is 4.27. The molecule has 1 nitrogen and oxygen atoms in total. The first-order valence-corrected chi connectivity index (χ1v) is 6.84. The molecule has 0 fully saturated rings. The van der Waals surface area contributed by atoms with Crippen LogP contribution in [0.2, 0.25) is 0 Å². The van der Waals surface area contributed by atoms with Gasteiger partial charge in [0.2, 0.25) is 0 Å². The summed E-state index contributed by atoms with van der Waals surface area (Å²) in [4.78, 5) is 0. The van der Waals surface area contributed by atoms with Crippen LogP contribution in [-0.4, -0.2) is 10.7 Å². The lowest BCUT2D eigenvalue weighted by Crippen LogP contribution is -2.35. The zero-order chi connectivity index (χ0) is 13.6. The molecule has 0 aliphatic rings. The van der Waals surface area contributed by atoms with Crippen LogP contribution in [0.5, 0.6) is 0 Å². The molecule has 1 aromatic rings. The summed E-state index contributed by atoms with van der Waals surface area (Å²) in [5.41, 5.74) is 0.584. The molecule has 0 spiro atoms. The van der Waals surface area contributed by atoms with Crippen molar-refractivity contribution in [2.45, 2.75) is 45.6 Å². The maximum absolute atomic E-state index is 10.9. The first-order valence-electron chi connectivity index (χ1n) is 6.84. The molecule has 0 radical (unpaired) electrons. The molecule has 0 aromatic heterocycles. The first-order chi connectivity index (χ1) is 8.45. The second kappa shape index (κ2) is 6.75. The van der Waals surface area contributed by atoms with E-state index in [-0.39, 0.29) is 0 Å². The molecular formula is C17H26O. The minimum absolute atomic E-state index is 0.345. The van der Waals surface area contributed by atoms with Gasteiger partial charge in [-0.25, -0.2) is 0 Å². The van der Waals surface area contributed by atoms with Gasteiger partial charge in [-0.15, -0.1) is 6.58 Å². The van der Waals surface area contributed by atoms with Gasteiger partial charge >= 0.3 is 0 Å². The molecule has 1 N–H and O–H groups in total. The van der Waals surface area contributed by atoms with Crippen LogP contribution in [0, 0.1) is 11.8 Å². The number of rotatable bonds is 7. The minimum atomic E-state index is -0.622. The number of allylic oxidation sites excluding steroid dienone is 1. The van der Waals surface area contributed by atoms with Gasteiger partial charge in [0.15, 0.2) is 0 Å². The molecule has 1 heteroatoms. The number of benzene rings is 1. The van der Waals surface area contributed by atoms with E-state index in [1.807, 2.05) is 24.3 Å². The molecule has 0 aliphatic heterocycles. The third-order valence-corrected chi connectivity index (χ3v) is 3.27. The van der Waals surface area contributed by atoms with Crippen LogP contribution in [0.4, 0.5) is 0 Å². The van der Waals surface area contributed by atoms with E-state index in [2.05, 4.69) is 39.5 Å². The Labute approximate surface area is 112 Å². The zero-order valence-electron chi connectivity index (χ0n) is 11.9. The number of aliphatic hydroxyl groups is 1. The van der Waals surface area contributed by atoms with Gasteiger partial charge in [0.25, 0.3) is 0 Å². The quantitative estimate of drug-likeness (QED) is 0.714. The molecule has 0 aliphatic carbocycles. The van der Waals surface area contributed by atoms with E-state index in [1.165, 1.54) is 5.56 Å².